The summed E-state index contributed by atoms with van der Waals surface area (Å²) in [5.41, 5.74) is 5.34. The highest BCUT2D eigenvalue weighted by Gasteiger charge is 2.14. The maximum Gasteiger partial charge on any atom is 0.330 e. The quantitative estimate of drug-likeness (QED) is 0.726. The van der Waals surface area contributed by atoms with Crippen molar-refractivity contribution < 1.29 is 0 Å². The number of hydrogen-bond donors (Lipinski definition) is 3. The second kappa shape index (κ2) is 6.45. The van der Waals surface area contributed by atoms with Crippen molar-refractivity contribution in [2.45, 2.75) is 53.1 Å². The lowest BCUT2D eigenvalue weighted by molar-refractivity contribution is 0.508. The Kier molecular flexibility index (Phi) is 5.20. The monoisotopic (exact) mass is 268 g/mol. The van der Waals surface area contributed by atoms with Gasteiger partial charge in [0.15, 0.2) is 0 Å². The molecule has 0 saturated carbocycles. The third-order valence-corrected chi connectivity index (χ3v) is 2.90. The van der Waals surface area contributed by atoms with E-state index in [-0.39, 0.29) is 17.8 Å². The van der Waals surface area contributed by atoms with Gasteiger partial charge in [0.25, 0.3) is 5.56 Å². The molecule has 0 fully saturated rings. The second-order valence-corrected chi connectivity index (χ2v) is 5.36. The lowest BCUT2D eigenvalue weighted by Crippen LogP contribution is -2.36. The van der Waals surface area contributed by atoms with Crippen molar-refractivity contribution in [2.75, 3.05) is 11.1 Å². The summed E-state index contributed by atoms with van der Waals surface area (Å²) in [7, 11) is 0. The number of nitrogens with zero attached hydrogens (tertiary/aromatic N) is 1. The Hall–Kier alpha value is -1.72. The van der Waals surface area contributed by atoms with E-state index in [1.165, 1.54) is 4.57 Å². The van der Waals surface area contributed by atoms with Gasteiger partial charge in [0.1, 0.15) is 11.5 Å². The van der Waals surface area contributed by atoms with Crippen LogP contribution in [0.5, 0.6) is 0 Å². The van der Waals surface area contributed by atoms with Crippen LogP contribution in [-0.2, 0) is 6.54 Å². The number of nitrogens with two attached hydrogens (primary N) is 1. The lowest BCUT2D eigenvalue weighted by Gasteiger charge is -2.18. The first kappa shape index (κ1) is 15.3. The topological polar surface area (TPSA) is 92.9 Å². The normalized spacial score (nSPS) is 12.7. The van der Waals surface area contributed by atoms with E-state index in [1.807, 2.05) is 20.8 Å². The summed E-state index contributed by atoms with van der Waals surface area (Å²) in [5.74, 6) is 0.484. The van der Waals surface area contributed by atoms with Crippen molar-refractivity contribution in [2.24, 2.45) is 5.92 Å². The standard InChI is InChI=1S/C13H24N4O2/c1-5-6-9(4)15-10-11(14)17(7-8(2)3)13(19)16-12(10)18/h8-9,15H,5-7,14H2,1-4H3,(H,16,18,19). The average molecular weight is 268 g/mol. The molecule has 0 aliphatic rings. The summed E-state index contributed by atoms with van der Waals surface area (Å²) in [5, 5.41) is 3.09. The molecule has 1 aromatic heterocycles. The minimum atomic E-state index is -0.454. The number of nitrogen functional groups attached to an aromatic ring is 1. The number of aromatic nitrogens is 2. The van der Waals surface area contributed by atoms with E-state index < -0.39 is 11.2 Å². The largest absolute Gasteiger partial charge is 0.383 e. The molecule has 108 valence electrons. The van der Waals surface area contributed by atoms with E-state index in [2.05, 4.69) is 17.2 Å². The first-order valence-corrected chi connectivity index (χ1v) is 6.75. The summed E-state index contributed by atoms with van der Waals surface area (Å²) in [6.07, 6.45) is 1.94. The van der Waals surface area contributed by atoms with Crippen molar-refractivity contribution in [3.8, 4) is 0 Å². The highest BCUT2D eigenvalue weighted by Crippen LogP contribution is 2.14. The Balaban J connectivity index is 3.17. The molecule has 1 aromatic rings. The van der Waals surface area contributed by atoms with Crippen LogP contribution in [0.15, 0.2) is 9.59 Å². The maximum atomic E-state index is 11.8. The van der Waals surface area contributed by atoms with E-state index in [1.54, 1.807) is 0 Å². The molecule has 0 aliphatic heterocycles. The van der Waals surface area contributed by atoms with Crippen molar-refractivity contribution in [3.63, 3.8) is 0 Å². The number of H-pyrrole nitrogens is 1. The number of anilines is 2. The molecule has 1 atom stereocenters. The summed E-state index contributed by atoms with van der Waals surface area (Å²) >= 11 is 0. The number of aromatic amines is 1. The Labute approximate surface area is 113 Å². The van der Waals surface area contributed by atoms with E-state index in [9.17, 15) is 9.59 Å². The fourth-order valence-electron chi connectivity index (χ4n) is 2.03. The van der Waals surface area contributed by atoms with Crippen LogP contribution in [0.2, 0.25) is 0 Å². The molecule has 19 heavy (non-hydrogen) atoms. The van der Waals surface area contributed by atoms with Gasteiger partial charge >= 0.3 is 5.69 Å². The van der Waals surface area contributed by atoms with Gasteiger partial charge in [-0.3, -0.25) is 14.3 Å². The molecule has 6 heteroatoms. The predicted molar refractivity (Wildman–Crippen MR) is 78.6 cm³/mol. The van der Waals surface area contributed by atoms with E-state index in [0.717, 1.165) is 12.8 Å². The fourth-order valence-corrected chi connectivity index (χ4v) is 2.03. The Morgan fingerprint density at radius 3 is 2.47 bits per heavy atom. The third kappa shape index (κ3) is 3.87. The Morgan fingerprint density at radius 1 is 1.32 bits per heavy atom. The molecular formula is C13H24N4O2. The zero-order valence-corrected chi connectivity index (χ0v) is 12.1. The van der Waals surface area contributed by atoms with Crippen LogP contribution < -0.4 is 22.3 Å². The van der Waals surface area contributed by atoms with Crippen molar-refractivity contribution in [3.05, 3.63) is 20.8 Å². The van der Waals surface area contributed by atoms with Crippen LogP contribution in [0.25, 0.3) is 0 Å². The van der Waals surface area contributed by atoms with Crippen LogP contribution >= 0.6 is 0 Å². The van der Waals surface area contributed by atoms with Gasteiger partial charge < -0.3 is 11.1 Å². The first-order valence-electron chi connectivity index (χ1n) is 6.75. The van der Waals surface area contributed by atoms with Gasteiger partial charge in [-0.25, -0.2) is 4.79 Å². The molecule has 0 radical (unpaired) electrons. The molecule has 1 heterocycles. The zero-order valence-electron chi connectivity index (χ0n) is 12.1. The Bertz CT molecular complexity index is 530. The van der Waals surface area contributed by atoms with Gasteiger partial charge in [-0.1, -0.05) is 27.2 Å². The third-order valence-electron chi connectivity index (χ3n) is 2.90. The minimum Gasteiger partial charge on any atom is -0.383 e. The highest BCUT2D eigenvalue weighted by molar-refractivity contribution is 5.60. The fraction of sp³-hybridized carbons (Fsp3) is 0.692. The zero-order chi connectivity index (χ0) is 14.6. The smallest absolute Gasteiger partial charge is 0.330 e. The summed E-state index contributed by atoms with van der Waals surface area (Å²) in [4.78, 5) is 25.9. The molecule has 4 N–H and O–H groups in total. The molecule has 1 unspecified atom stereocenters. The maximum absolute atomic E-state index is 11.8. The van der Waals surface area contributed by atoms with Gasteiger partial charge in [-0.15, -0.1) is 0 Å². The molecule has 6 nitrogen and oxygen atoms in total. The SMILES string of the molecule is CCCC(C)Nc1c(N)n(CC(C)C)c(=O)[nH]c1=O. The van der Waals surface area contributed by atoms with Gasteiger partial charge in [-0.05, 0) is 19.3 Å². The Morgan fingerprint density at radius 2 is 1.95 bits per heavy atom. The number of nitrogens with one attached hydrogen (secondary N) is 2. The molecule has 0 bridgehead atoms. The van der Waals surface area contributed by atoms with Crippen LogP contribution in [0.1, 0.15) is 40.5 Å². The number of rotatable bonds is 6. The van der Waals surface area contributed by atoms with Gasteiger partial charge in [0.2, 0.25) is 0 Å². The molecule has 0 spiro atoms. The van der Waals surface area contributed by atoms with Gasteiger partial charge in [0, 0.05) is 12.6 Å². The lowest BCUT2D eigenvalue weighted by atomic mass is 10.2. The predicted octanol–water partition coefficient (Wildman–Crippen LogP) is 1.38. The second-order valence-electron chi connectivity index (χ2n) is 5.36. The molecular weight excluding hydrogens is 244 g/mol. The van der Waals surface area contributed by atoms with Crippen molar-refractivity contribution >= 4 is 11.5 Å². The summed E-state index contributed by atoms with van der Waals surface area (Å²) in [6, 6.07) is 0.137. The number of hydrogen-bond acceptors (Lipinski definition) is 4. The molecule has 0 aromatic carbocycles. The van der Waals surface area contributed by atoms with Crippen LogP contribution in [0, 0.1) is 5.92 Å². The highest BCUT2D eigenvalue weighted by atomic mass is 16.2. The van der Waals surface area contributed by atoms with E-state index >= 15 is 0 Å². The van der Waals surface area contributed by atoms with E-state index in [0.29, 0.717) is 12.2 Å². The van der Waals surface area contributed by atoms with Crippen molar-refractivity contribution in [1.82, 2.24) is 9.55 Å². The van der Waals surface area contributed by atoms with Crippen LogP contribution in [-0.4, -0.2) is 15.6 Å². The van der Waals surface area contributed by atoms with Gasteiger partial charge in [-0.2, -0.15) is 0 Å². The minimum absolute atomic E-state index is 0.137. The molecule has 0 saturated heterocycles. The van der Waals surface area contributed by atoms with Gasteiger partial charge in [0.05, 0.1) is 0 Å². The first-order chi connectivity index (χ1) is 8.86. The average Bonchev–Trinajstić information content (AvgIpc) is 2.30. The summed E-state index contributed by atoms with van der Waals surface area (Å²) in [6.45, 7) is 8.53. The van der Waals surface area contributed by atoms with Crippen molar-refractivity contribution in [1.29, 1.82) is 0 Å². The summed E-state index contributed by atoms with van der Waals surface area (Å²) < 4.78 is 1.41. The van der Waals surface area contributed by atoms with Crippen LogP contribution in [0.4, 0.5) is 11.5 Å². The van der Waals surface area contributed by atoms with E-state index in [4.69, 9.17) is 5.73 Å². The van der Waals surface area contributed by atoms with Crippen LogP contribution in [0.3, 0.4) is 0 Å². The molecule has 0 amide bonds. The molecule has 0 aliphatic carbocycles. The molecule has 1 rings (SSSR count).